The van der Waals surface area contributed by atoms with Crippen molar-refractivity contribution in [1.82, 2.24) is 5.32 Å². The maximum Gasteiger partial charge on any atom is 0.00204 e. The molecule has 12 heavy (non-hydrogen) atoms. The molecule has 1 unspecified atom stereocenters. The van der Waals surface area contributed by atoms with Gasteiger partial charge in [-0.2, -0.15) is 0 Å². The average molecular weight is 161 g/mol. The summed E-state index contributed by atoms with van der Waals surface area (Å²) in [6, 6.07) is 6.78. The van der Waals surface area contributed by atoms with Gasteiger partial charge in [-0.1, -0.05) is 23.8 Å². The summed E-state index contributed by atoms with van der Waals surface area (Å²) in [5.74, 6) is 0.768. The molecule has 1 N–H and O–H groups in total. The normalized spacial score (nSPS) is 20.0. The molecule has 1 heteroatoms. The van der Waals surface area contributed by atoms with Gasteiger partial charge in [-0.3, -0.25) is 0 Å². The molecule has 1 aliphatic rings. The van der Waals surface area contributed by atoms with E-state index in [1.165, 1.54) is 12.0 Å². The zero-order valence-electron chi connectivity index (χ0n) is 7.72. The van der Waals surface area contributed by atoms with Crippen LogP contribution in [0.1, 0.15) is 22.6 Å². The number of aryl methyl sites for hydroxylation is 1. The Balaban J connectivity index is 2.22. The van der Waals surface area contributed by atoms with Gasteiger partial charge in [0.15, 0.2) is 0 Å². The molecule has 0 heterocycles. The van der Waals surface area contributed by atoms with Gasteiger partial charge in [0, 0.05) is 12.5 Å². The van der Waals surface area contributed by atoms with Crippen LogP contribution >= 0.6 is 0 Å². The van der Waals surface area contributed by atoms with Crippen molar-refractivity contribution in [2.45, 2.75) is 19.3 Å². The smallest absolute Gasteiger partial charge is 0.00204 e. The summed E-state index contributed by atoms with van der Waals surface area (Å²) in [6.45, 7) is 3.28. The highest BCUT2D eigenvalue weighted by atomic mass is 14.8. The zero-order valence-corrected chi connectivity index (χ0v) is 7.72. The van der Waals surface area contributed by atoms with E-state index in [2.05, 4.69) is 30.4 Å². The topological polar surface area (TPSA) is 12.0 Å². The van der Waals surface area contributed by atoms with Crippen LogP contribution in [0.2, 0.25) is 0 Å². The monoisotopic (exact) mass is 161 g/mol. The Morgan fingerprint density at radius 1 is 1.50 bits per heavy atom. The SMILES string of the molecule is CNCC1Cc2ccc(C)cc21. The van der Waals surface area contributed by atoms with Crippen molar-refractivity contribution >= 4 is 0 Å². The van der Waals surface area contributed by atoms with E-state index < -0.39 is 0 Å². The lowest BCUT2D eigenvalue weighted by Crippen LogP contribution is -2.26. The van der Waals surface area contributed by atoms with Crippen LogP contribution in [0.15, 0.2) is 18.2 Å². The predicted molar refractivity (Wildman–Crippen MR) is 51.6 cm³/mol. The highest BCUT2D eigenvalue weighted by Crippen LogP contribution is 2.34. The first-order valence-corrected chi connectivity index (χ1v) is 4.55. The Kier molecular flexibility index (Phi) is 1.89. The Labute approximate surface area is 73.8 Å². The number of likely N-dealkylation sites (N-methyl/N-ethyl adjacent to an activating group) is 1. The molecular formula is C11H15N. The van der Waals surface area contributed by atoms with Gasteiger partial charge in [0.25, 0.3) is 0 Å². The molecule has 0 fully saturated rings. The molecule has 1 aliphatic carbocycles. The fraction of sp³-hybridized carbons (Fsp3) is 0.455. The molecule has 0 amide bonds. The van der Waals surface area contributed by atoms with Crippen molar-refractivity contribution in [3.63, 3.8) is 0 Å². The lowest BCUT2D eigenvalue weighted by atomic mass is 9.77. The molecule has 0 saturated heterocycles. The molecular weight excluding hydrogens is 146 g/mol. The van der Waals surface area contributed by atoms with Crippen molar-refractivity contribution in [1.29, 1.82) is 0 Å². The molecule has 64 valence electrons. The van der Waals surface area contributed by atoms with Gasteiger partial charge in [-0.05, 0) is 31.5 Å². The minimum absolute atomic E-state index is 0.768. The van der Waals surface area contributed by atoms with E-state index in [4.69, 9.17) is 0 Å². The Hall–Kier alpha value is -0.820. The molecule has 0 aromatic heterocycles. The van der Waals surface area contributed by atoms with E-state index in [0.717, 1.165) is 12.5 Å². The Morgan fingerprint density at radius 2 is 2.33 bits per heavy atom. The Bertz CT molecular complexity index is 291. The first-order valence-electron chi connectivity index (χ1n) is 4.55. The lowest BCUT2D eigenvalue weighted by molar-refractivity contribution is 0.568. The summed E-state index contributed by atoms with van der Waals surface area (Å²) in [5, 5.41) is 3.23. The van der Waals surface area contributed by atoms with Crippen molar-refractivity contribution in [3.8, 4) is 0 Å². The van der Waals surface area contributed by atoms with E-state index in [0.29, 0.717) is 0 Å². The van der Waals surface area contributed by atoms with Gasteiger partial charge in [0.2, 0.25) is 0 Å². The number of hydrogen-bond acceptors (Lipinski definition) is 1. The van der Waals surface area contributed by atoms with Crippen LogP contribution in [0.3, 0.4) is 0 Å². The van der Waals surface area contributed by atoms with Gasteiger partial charge in [0.05, 0.1) is 0 Å². The van der Waals surface area contributed by atoms with Crippen LogP contribution in [-0.2, 0) is 6.42 Å². The van der Waals surface area contributed by atoms with Crippen LogP contribution in [0.25, 0.3) is 0 Å². The van der Waals surface area contributed by atoms with Crippen molar-refractivity contribution < 1.29 is 0 Å². The summed E-state index contributed by atoms with van der Waals surface area (Å²) in [6.07, 6.45) is 1.26. The van der Waals surface area contributed by atoms with E-state index >= 15 is 0 Å². The van der Waals surface area contributed by atoms with Crippen LogP contribution in [-0.4, -0.2) is 13.6 Å². The summed E-state index contributed by atoms with van der Waals surface area (Å²) in [5.41, 5.74) is 4.49. The van der Waals surface area contributed by atoms with E-state index in [-0.39, 0.29) is 0 Å². The van der Waals surface area contributed by atoms with Crippen molar-refractivity contribution in [2.75, 3.05) is 13.6 Å². The highest BCUT2D eigenvalue weighted by molar-refractivity contribution is 5.42. The average Bonchev–Trinajstić information content (AvgIpc) is 2.05. The second-order valence-electron chi connectivity index (χ2n) is 3.66. The fourth-order valence-electron chi connectivity index (χ4n) is 1.95. The molecule has 1 aromatic carbocycles. The third-order valence-corrected chi connectivity index (χ3v) is 2.66. The molecule has 1 atom stereocenters. The van der Waals surface area contributed by atoms with Gasteiger partial charge < -0.3 is 5.32 Å². The Morgan fingerprint density at radius 3 is 3.08 bits per heavy atom. The molecule has 0 aliphatic heterocycles. The molecule has 1 nitrogen and oxygen atoms in total. The highest BCUT2D eigenvalue weighted by Gasteiger charge is 2.24. The van der Waals surface area contributed by atoms with Crippen molar-refractivity contribution in [2.24, 2.45) is 0 Å². The van der Waals surface area contributed by atoms with Crippen LogP contribution in [0.4, 0.5) is 0 Å². The fourth-order valence-corrected chi connectivity index (χ4v) is 1.95. The first kappa shape index (κ1) is 7.81. The summed E-state index contributed by atoms with van der Waals surface area (Å²) < 4.78 is 0. The predicted octanol–water partition coefficient (Wildman–Crippen LogP) is 1.85. The third kappa shape index (κ3) is 1.14. The molecule has 0 radical (unpaired) electrons. The minimum Gasteiger partial charge on any atom is -0.319 e. The minimum atomic E-state index is 0.768. The van der Waals surface area contributed by atoms with Gasteiger partial charge in [-0.15, -0.1) is 0 Å². The number of benzene rings is 1. The summed E-state index contributed by atoms with van der Waals surface area (Å²) >= 11 is 0. The van der Waals surface area contributed by atoms with Gasteiger partial charge in [0.1, 0.15) is 0 Å². The lowest BCUT2D eigenvalue weighted by Gasteiger charge is -2.30. The molecule has 0 saturated carbocycles. The number of rotatable bonds is 2. The quantitative estimate of drug-likeness (QED) is 0.698. The van der Waals surface area contributed by atoms with Crippen LogP contribution < -0.4 is 5.32 Å². The maximum atomic E-state index is 3.23. The van der Waals surface area contributed by atoms with Gasteiger partial charge >= 0.3 is 0 Å². The van der Waals surface area contributed by atoms with E-state index in [1.807, 2.05) is 7.05 Å². The number of hydrogen-bond donors (Lipinski definition) is 1. The summed E-state index contributed by atoms with van der Waals surface area (Å²) in [7, 11) is 2.02. The standard InChI is InChI=1S/C11H15N/c1-8-3-4-9-6-10(7-12-2)11(9)5-8/h3-5,10,12H,6-7H2,1-2H3. The van der Waals surface area contributed by atoms with Crippen LogP contribution in [0.5, 0.6) is 0 Å². The number of fused-ring (bicyclic) bond motifs is 1. The second-order valence-corrected chi connectivity index (χ2v) is 3.66. The second kappa shape index (κ2) is 2.91. The van der Waals surface area contributed by atoms with Crippen LogP contribution in [0, 0.1) is 6.92 Å². The molecule has 2 rings (SSSR count). The third-order valence-electron chi connectivity index (χ3n) is 2.66. The molecule has 0 spiro atoms. The van der Waals surface area contributed by atoms with E-state index in [1.54, 1.807) is 11.1 Å². The van der Waals surface area contributed by atoms with E-state index in [9.17, 15) is 0 Å². The number of nitrogens with one attached hydrogen (secondary N) is 1. The molecule has 0 bridgehead atoms. The van der Waals surface area contributed by atoms with Gasteiger partial charge in [-0.25, -0.2) is 0 Å². The maximum absolute atomic E-state index is 3.23. The first-order chi connectivity index (χ1) is 5.81. The van der Waals surface area contributed by atoms with Crippen molar-refractivity contribution in [3.05, 3.63) is 34.9 Å². The largest absolute Gasteiger partial charge is 0.319 e. The molecule has 1 aromatic rings. The summed E-state index contributed by atoms with van der Waals surface area (Å²) in [4.78, 5) is 0. The zero-order chi connectivity index (χ0) is 8.55.